The highest BCUT2D eigenvalue weighted by molar-refractivity contribution is 5.79. The zero-order valence-corrected chi connectivity index (χ0v) is 16.3. The molecular formula is C23H23FN2O3. The standard InChI is InChI=1S/C23H23FN2O3/c1-16-21(25-23(29-16)18-8-5-9-19(24)13-18)14-22(27)26-10-11-28-20(15-26)12-17-6-3-2-4-7-17/h2-9,13,20H,10-12,14-15H2,1H3. The maximum Gasteiger partial charge on any atom is 0.228 e. The van der Waals surface area contributed by atoms with Gasteiger partial charge >= 0.3 is 0 Å². The van der Waals surface area contributed by atoms with Crippen LogP contribution in [0.1, 0.15) is 17.0 Å². The maximum absolute atomic E-state index is 13.5. The summed E-state index contributed by atoms with van der Waals surface area (Å²) in [6.07, 6.45) is 0.913. The highest BCUT2D eigenvalue weighted by Crippen LogP contribution is 2.23. The van der Waals surface area contributed by atoms with E-state index in [1.807, 2.05) is 23.1 Å². The molecule has 1 saturated heterocycles. The molecule has 4 rings (SSSR count). The minimum Gasteiger partial charge on any atom is -0.441 e. The Morgan fingerprint density at radius 3 is 2.83 bits per heavy atom. The van der Waals surface area contributed by atoms with Crippen LogP contribution in [0, 0.1) is 12.7 Å². The number of carbonyl (C=O) groups excluding carboxylic acids is 1. The number of ether oxygens (including phenoxy) is 1. The first-order valence-corrected chi connectivity index (χ1v) is 9.74. The van der Waals surface area contributed by atoms with Crippen LogP contribution in [0.25, 0.3) is 11.5 Å². The lowest BCUT2D eigenvalue weighted by Gasteiger charge is -2.33. The lowest BCUT2D eigenvalue weighted by atomic mass is 10.1. The number of aryl methyl sites for hydroxylation is 1. The highest BCUT2D eigenvalue weighted by atomic mass is 19.1. The fourth-order valence-corrected chi connectivity index (χ4v) is 3.54. The quantitative estimate of drug-likeness (QED) is 0.661. The predicted molar refractivity (Wildman–Crippen MR) is 107 cm³/mol. The van der Waals surface area contributed by atoms with Crippen LogP contribution in [0.5, 0.6) is 0 Å². The van der Waals surface area contributed by atoms with Crippen molar-refractivity contribution >= 4 is 5.91 Å². The van der Waals surface area contributed by atoms with E-state index in [0.29, 0.717) is 42.6 Å². The number of hydrogen-bond donors (Lipinski definition) is 0. The Labute approximate surface area is 169 Å². The average molecular weight is 394 g/mol. The van der Waals surface area contributed by atoms with Gasteiger partial charge in [-0.3, -0.25) is 4.79 Å². The van der Waals surface area contributed by atoms with Gasteiger partial charge < -0.3 is 14.1 Å². The summed E-state index contributed by atoms with van der Waals surface area (Å²) in [5.74, 6) is 0.544. The van der Waals surface area contributed by atoms with Gasteiger partial charge in [0.05, 0.1) is 24.8 Å². The molecule has 0 saturated carbocycles. The third-order valence-corrected chi connectivity index (χ3v) is 5.08. The molecule has 150 valence electrons. The highest BCUT2D eigenvalue weighted by Gasteiger charge is 2.26. The first kappa shape index (κ1) is 19.3. The largest absolute Gasteiger partial charge is 0.441 e. The van der Waals surface area contributed by atoms with Crippen molar-refractivity contribution in [1.82, 2.24) is 9.88 Å². The lowest BCUT2D eigenvalue weighted by molar-refractivity contribution is -0.138. The van der Waals surface area contributed by atoms with Crippen molar-refractivity contribution in [3.63, 3.8) is 0 Å². The van der Waals surface area contributed by atoms with Crippen molar-refractivity contribution in [3.05, 3.63) is 77.4 Å². The van der Waals surface area contributed by atoms with E-state index in [1.54, 1.807) is 19.1 Å². The van der Waals surface area contributed by atoms with Crippen molar-refractivity contribution in [2.24, 2.45) is 0 Å². The minimum absolute atomic E-state index is 0.00597. The Bertz CT molecular complexity index is 987. The molecule has 1 atom stereocenters. The van der Waals surface area contributed by atoms with Gasteiger partial charge in [0.15, 0.2) is 0 Å². The molecule has 1 unspecified atom stereocenters. The average Bonchev–Trinajstić information content (AvgIpc) is 3.09. The number of nitrogens with zero attached hydrogens (tertiary/aromatic N) is 2. The molecule has 1 fully saturated rings. The van der Waals surface area contributed by atoms with Crippen molar-refractivity contribution in [1.29, 1.82) is 0 Å². The molecular weight excluding hydrogens is 371 g/mol. The van der Waals surface area contributed by atoms with E-state index in [4.69, 9.17) is 9.15 Å². The van der Waals surface area contributed by atoms with Crippen molar-refractivity contribution in [2.45, 2.75) is 25.9 Å². The monoisotopic (exact) mass is 394 g/mol. The molecule has 0 aliphatic carbocycles. The molecule has 6 heteroatoms. The number of oxazole rings is 1. The van der Waals surface area contributed by atoms with Gasteiger partial charge in [0, 0.05) is 25.1 Å². The van der Waals surface area contributed by atoms with Gasteiger partial charge in [0.25, 0.3) is 0 Å². The van der Waals surface area contributed by atoms with Crippen LogP contribution < -0.4 is 0 Å². The normalized spacial score (nSPS) is 16.8. The Balaban J connectivity index is 1.41. The molecule has 1 aromatic heterocycles. The first-order valence-electron chi connectivity index (χ1n) is 9.74. The zero-order chi connectivity index (χ0) is 20.2. The summed E-state index contributed by atoms with van der Waals surface area (Å²) in [5.41, 5.74) is 2.33. The molecule has 29 heavy (non-hydrogen) atoms. The fourth-order valence-electron chi connectivity index (χ4n) is 3.54. The van der Waals surface area contributed by atoms with Gasteiger partial charge in [-0.2, -0.15) is 0 Å². The molecule has 1 amide bonds. The fraction of sp³-hybridized carbons (Fsp3) is 0.304. The molecule has 3 aromatic rings. The molecule has 0 radical (unpaired) electrons. The summed E-state index contributed by atoms with van der Waals surface area (Å²) in [5, 5.41) is 0. The number of carbonyl (C=O) groups is 1. The number of halogens is 1. The smallest absolute Gasteiger partial charge is 0.228 e. The molecule has 1 aliphatic rings. The second kappa shape index (κ2) is 8.57. The van der Waals surface area contributed by atoms with Gasteiger partial charge in [0.1, 0.15) is 11.6 Å². The maximum atomic E-state index is 13.5. The van der Waals surface area contributed by atoms with Crippen LogP contribution in [-0.4, -0.2) is 41.6 Å². The zero-order valence-electron chi connectivity index (χ0n) is 16.3. The Morgan fingerprint density at radius 2 is 2.03 bits per heavy atom. The number of benzene rings is 2. The van der Waals surface area contributed by atoms with Gasteiger partial charge in [-0.1, -0.05) is 36.4 Å². The van der Waals surface area contributed by atoms with E-state index in [9.17, 15) is 9.18 Å². The van der Waals surface area contributed by atoms with E-state index in [0.717, 1.165) is 6.42 Å². The number of aromatic nitrogens is 1. The summed E-state index contributed by atoms with van der Waals surface area (Å²) in [6.45, 7) is 3.42. The summed E-state index contributed by atoms with van der Waals surface area (Å²) in [4.78, 5) is 19.1. The number of rotatable bonds is 5. The minimum atomic E-state index is -0.353. The van der Waals surface area contributed by atoms with Gasteiger partial charge in [-0.05, 0) is 30.7 Å². The lowest BCUT2D eigenvalue weighted by Crippen LogP contribution is -2.47. The molecule has 0 N–H and O–H groups in total. The molecule has 2 heterocycles. The number of morpholine rings is 1. The van der Waals surface area contributed by atoms with Crippen LogP contribution in [0.3, 0.4) is 0 Å². The van der Waals surface area contributed by atoms with Crippen LogP contribution in [0.15, 0.2) is 59.0 Å². The predicted octanol–water partition coefficient (Wildman–Crippen LogP) is 3.80. The van der Waals surface area contributed by atoms with Gasteiger partial charge in [-0.25, -0.2) is 9.37 Å². The number of amides is 1. The molecule has 0 bridgehead atoms. The van der Waals surface area contributed by atoms with E-state index < -0.39 is 0 Å². The Kier molecular flexibility index (Phi) is 5.71. The topological polar surface area (TPSA) is 55.6 Å². The van der Waals surface area contributed by atoms with Crippen molar-refractivity contribution < 1.29 is 18.3 Å². The van der Waals surface area contributed by atoms with Gasteiger partial charge in [0.2, 0.25) is 11.8 Å². The molecule has 2 aromatic carbocycles. The summed E-state index contributed by atoms with van der Waals surface area (Å²) in [6, 6.07) is 16.2. The van der Waals surface area contributed by atoms with Gasteiger partial charge in [-0.15, -0.1) is 0 Å². The van der Waals surface area contributed by atoms with Crippen LogP contribution in [0.4, 0.5) is 4.39 Å². The third-order valence-electron chi connectivity index (χ3n) is 5.08. The summed E-state index contributed by atoms with van der Waals surface area (Å²) in [7, 11) is 0. The molecule has 1 aliphatic heterocycles. The van der Waals surface area contributed by atoms with E-state index in [2.05, 4.69) is 17.1 Å². The van der Waals surface area contributed by atoms with Crippen LogP contribution in [-0.2, 0) is 22.4 Å². The van der Waals surface area contributed by atoms with Crippen molar-refractivity contribution in [2.75, 3.05) is 19.7 Å². The van der Waals surface area contributed by atoms with Crippen LogP contribution in [0.2, 0.25) is 0 Å². The molecule has 5 nitrogen and oxygen atoms in total. The van der Waals surface area contributed by atoms with Crippen molar-refractivity contribution in [3.8, 4) is 11.5 Å². The first-order chi connectivity index (χ1) is 14.1. The number of hydrogen-bond acceptors (Lipinski definition) is 4. The SMILES string of the molecule is Cc1oc(-c2cccc(F)c2)nc1CC(=O)N1CCOC(Cc2ccccc2)C1. The van der Waals surface area contributed by atoms with E-state index in [1.165, 1.54) is 17.7 Å². The summed E-state index contributed by atoms with van der Waals surface area (Å²) >= 11 is 0. The second-order valence-electron chi connectivity index (χ2n) is 7.23. The Morgan fingerprint density at radius 1 is 1.21 bits per heavy atom. The van der Waals surface area contributed by atoms with E-state index >= 15 is 0 Å². The second-order valence-corrected chi connectivity index (χ2v) is 7.23. The van der Waals surface area contributed by atoms with E-state index in [-0.39, 0.29) is 24.2 Å². The Hall–Kier alpha value is -2.99. The molecule has 0 spiro atoms. The summed E-state index contributed by atoms with van der Waals surface area (Å²) < 4.78 is 25.0. The van der Waals surface area contributed by atoms with Crippen LogP contribution >= 0.6 is 0 Å². The third kappa shape index (κ3) is 4.71.